The van der Waals surface area contributed by atoms with Gasteiger partial charge in [0, 0.05) is 4.47 Å². The standard InChI is InChI=1S/C23H17BrN2O4S/c1-29-19-10-15(9-17-21(27)25-23(31)26-22(17)28)18(24)11-20(19)30-12-14-7-4-6-13-5-2-3-8-16(13)14/h2-11H,12H2,1H3,(H2,25,26,27,28,31). The van der Waals surface area contributed by atoms with E-state index >= 15 is 0 Å². The number of benzene rings is 3. The van der Waals surface area contributed by atoms with Crippen LogP contribution >= 0.6 is 28.1 Å². The molecular weight excluding hydrogens is 480 g/mol. The minimum atomic E-state index is -0.559. The van der Waals surface area contributed by atoms with Gasteiger partial charge < -0.3 is 9.47 Å². The van der Waals surface area contributed by atoms with Gasteiger partial charge in [0.15, 0.2) is 16.6 Å². The number of thiocarbonyl (C=S) groups is 1. The third-order valence-electron chi connectivity index (χ3n) is 4.79. The quantitative estimate of drug-likeness (QED) is 0.316. The van der Waals surface area contributed by atoms with Crippen LogP contribution in [0, 0.1) is 0 Å². The highest BCUT2D eigenvalue weighted by Crippen LogP contribution is 2.35. The monoisotopic (exact) mass is 496 g/mol. The average molecular weight is 497 g/mol. The zero-order valence-electron chi connectivity index (χ0n) is 16.4. The van der Waals surface area contributed by atoms with Gasteiger partial charge >= 0.3 is 0 Å². The Morgan fingerprint density at radius 3 is 2.45 bits per heavy atom. The van der Waals surface area contributed by atoms with Crippen LogP contribution < -0.4 is 20.1 Å². The molecule has 4 rings (SSSR count). The maximum Gasteiger partial charge on any atom is 0.263 e. The predicted molar refractivity (Wildman–Crippen MR) is 126 cm³/mol. The summed E-state index contributed by atoms with van der Waals surface area (Å²) in [5.41, 5.74) is 1.58. The highest BCUT2D eigenvalue weighted by atomic mass is 79.9. The molecule has 1 aliphatic rings. The largest absolute Gasteiger partial charge is 0.493 e. The summed E-state index contributed by atoms with van der Waals surface area (Å²) in [6.45, 7) is 0.354. The lowest BCUT2D eigenvalue weighted by Gasteiger charge is -2.17. The van der Waals surface area contributed by atoms with Crippen LogP contribution in [0.2, 0.25) is 0 Å². The molecular formula is C23H17BrN2O4S. The Morgan fingerprint density at radius 1 is 1.00 bits per heavy atom. The molecule has 1 heterocycles. The molecule has 2 N–H and O–H groups in total. The van der Waals surface area contributed by atoms with Crippen LogP contribution in [0.5, 0.6) is 11.5 Å². The molecule has 0 atom stereocenters. The van der Waals surface area contributed by atoms with E-state index in [-0.39, 0.29) is 10.7 Å². The van der Waals surface area contributed by atoms with Gasteiger partial charge in [-0.25, -0.2) is 0 Å². The first-order valence-electron chi connectivity index (χ1n) is 9.31. The molecule has 1 saturated heterocycles. The summed E-state index contributed by atoms with van der Waals surface area (Å²) in [4.78, 5) is 24.2. The number of rotatable bonds is 5. The van der Waals surface area contributed by atoms with Crippen LogP contribution in [0.3, 0.4) is 0 Å². The average Bonchev–Trinajstić information content (AvgIpc) is 2.75. The second-order valence-electron chi connectivity index (χ2n) is 6.75. The summed E-state index contributed by atoms with van der Waals surface area (Å²) < 4.78 is 12.2. The van der Waals surface area contributed by atoms with Crippen molar-refractivity contribution in [3.63, 3.8) is 0 Å². The van der Waals surface area contributed by atoms with E-state index in [0.29, 0.717) is 28.1 Å². The molecule has 2 amide bonds. The Morgan fingerprint density at radius 2 is 1.71 bits per heavy atom. The number of carbonyl (C=O) groups is 2. The Bertz CT molecular complexity index is 1230. The maximum atomic E-state index is 12.1. The van der Waals surface area contributed by atoms with Gasteiger partial charge in [-0.2, -0.15) is 0 Å². The summed E-state index contributed by atoms with van der Waals surface area (Å²) >= 11 is 8.31. The van der Waals surface area contributed by atoms with Crippen molar-refractivity contribution in [1.29, 1.82) is 0 Å². The Balaban J connectivity index is 1.62. The van der Waals surface area contributed by atoms with Crippen molar-refractivity contribution in [3.8, 4) is 11.5 Å². The normalized spacial score (nSPS) is 13.6. The number of hydrogen-bond donors (Lipinski definition) is 2. The van der Waals surface area contributed by atoms with Crippen molar-refractivity contribution in [2.24, 2.45) is 0 Å². The molecule has 0 spiro atoms. The van der Waals surface area contributed by atoms with Crippen LogP contribution in [0.1, 0.15) is 11.1 Å². The van der Waals surface area contributed by atoms with Crippen molar-refractivity contribution >= 4 is 61.9 Å². The number of methoxy groups -OCH3 is 1. The van der Waals surface area contributed by atoms with Crippen LogP contribution in [0.4, 0.5) is 0 Å². The van der Waals surface area contributed by atoms with E-state index < -0.39 is 11.8 Å². The minimum absolute atomic E-state index is 0.0130. The lowest BCUT2D eigenvalue weighted by Crippen LogP contribution is -2.51. The van der Waals surface area contributed by atoms with E-state index in [1.807, 2.05) is 24.3 Å². The van der Waals surface area contributed by atoms with E-state index in [1.54, 1.807) is 12.1 Å². The van der Waals surface area contributed by atoms with Gasteiger partial charge in [-0.1, -0.05) is 58.4 Å². The zero-order valence-corrected chi connectivity index (χ0v) is 18.8. The summed E-state index contributed by atoms with van der Waals surface area (Å²) in [5, 5.41) is 7.08. The number of carbonyl (C=O) groups excluding carboxylic acids is 2. The second-order valence-corrected chi connectivity index (χ2v) is 8.01. The third-order valence-corrected chi connectivity index (χ3v) is 5.68. The topological polar surface area (TPSA) is 76.7 Å². The lowest BCUT2D eigenvalue weighted by atomic mass is 10.1. The first kappa shape index (κ1) is 21.0. The van der Waals surface area contributed by atoms with Crippen molar-refractivity contribution in [1.82, 2.24) is 10.6 Å². The van der Waals surface area contributed by atoms with Crippen LogP contribution in [0.15, 0.2) is 64.6 Å². The molecule has 1 aliphatic heterocycles. The van der Waals surface area contributed by atoms with E-state index in [4.69, 9.17) is 21.7 Å². The van der Waals surface area contributed by atoms with Gasteiger partial charge in [-0.3, -0.25) is 20.2 Å². The molecule has 156 valence electrons. The smallest absolute Gasteiger partial charge is 0.263 e. The van der Waals surface area contributed by atoms with Crippen molar-refractivity contribution < 1.29 is 19.1 Å². The van der Waals surface area contributed by atoms with Gasteiger partial charge in [-0.05, 0) is 52.3 Å². The number of amides is 2. The van der Waals surface area contributed by atoms with E-state index in [1.165, 1.54) is 13.2 Å². The number of fused-ring (bicyclic) bond motifs is 1. The summed E-state index contributed by atoms with van der Waals surface area (Å²) in [7, 11) is 1.53. The van der Waals surface area contributed by atoms with Gasteiger partial charge in [0.1, 0.15) is 12.2 Å². The number of ether oxygens (including phenoxy) is 2. The predicted octanol–water partition coefficient (Wildman–Crippen LogP) is 4.10. The second kappa shape index (κ2) is 8.87. The molecule has 0 radical (unpaired) electrons. The van der Waals surface area contributed by atoms with Crippen molar-refractivity contribution in [2.75, 3.05) is 7.11 Å². The van der Waals surface area contributed by atoms with Gasteiger partial charge in [-0.15, -0.1) is 0 Å². The summed E-state index contributed by atoms with van der Waals surface area (Å²) in [6.07, 6.45) is 1.47. The highest BCUT2D eigenvalue weighted by molar-refractivity contribution is 9.10. The third kappa shape index (κ3) is 4.45. The zero-order chi connectivity index (χ0) is 22.0. The summed E-state index contributed by atoms with van der Waals surface area (Å²) in [5.74, 6) is -0.114. The van der Waals surface area contributed by atoms with Gasteiger partial charge in [0.05, 0.1) is 7.11 Å². The highest BCUT2D eigenvalue weighted by Gasteiger charge is 2.26. The van der Waals surface area contributed by atoms with Crippen LogP contribution in [-0.2, 0) is 16.2 Å². The molecule has 6 nitrogen and oxygen atoms in total. The first-order chi connectivity index (χ1) is 15.0. The Kier molecular flexibility index (Phi) is 6.01. The van der Waals surface area contributed by atoms with Crippen LogP contribution in [0.25, 0.3) is 16.8 Å². The molecule has 1 fully saturated rings. The Hall–Kier alpha value is -3.23. The van der Waals surface area contributed by atoms with E-state index in [0.717, 1.165) is 16.3 Å². The van der Waals surface area contributed by atoms with Crippen molar-refractivity contribution in [3.05, 3.63) is 75.8 Å². The number of halogens is 1. The van der Waals surface area contributed by atoms with Crippen LogP contribution in [-0.4, -0.2) is 24.0 Å². The van der Waals surface area contributed by atoms with Gasteiger partial charge in [0.2, 0.25) is 0 Å². The fourth-order valence-corrected chi connectivity index (χ4v) is 3.89. The molecule has 0 aliphatic carbocycles. The summed E-state index contributed by atoms with van der Waals surface area (Å²) in [6, 6.07) is 17.6. The maximum absolute atomic E-state index is 12.1. The lowest BCUT2D eigenvalue weighted by molar-refractivity contribution is -0.123. The van der Waals surface area contributed by atoms with Crippen molar-refractivity contribution in [2.45, 2.75) is 6.61 Å². The van der Waals surface area contributed by atoms with E-state index in [2.05, 4.69) is 44.8 Å². The molecule has 0 aromatic heterocycles. The molecule has 0 unspecified atom stereocenters. The molecule has 31 heavy (non-hydrogen) atoms. The molecule has 3 aromatic rings. The number of hydrogen-bond acceptors (Lipinski definition) is 5. The molecule has 0 saturated carbocycles. The SMILES string of the molecule is COc1cc(C=C2C(=O)NC(=S)NC2=O)c(Br)cc1OCc1cccc2ccccc12. The van der Waals surface area contributed by atoms with E-state index in [9.17, 15) is 9.59 Å². The molecule has 8 heteroatoms. The fourth-order valence-electron chi connectivity index (χ4n) is 3.27. The molecule has 3 aromatic carbocycles. The fraction of sp³-hybridized carbons (Fsp3) is 0.0870. The minimum Gasteiger partial charge on any atom is -0.493 e. The Labute approximate surface area is 192 Å². The first-order valence-corrected chi connectivity index (χ1v) is 10.5. The molecule has 0 bridgehead atoms. The number of nitrogens with one attached hydrogen (secondary N) is 2. The van der Waals surface area contributed by atoms with Gasteiger partial charge in [0.25, 0.3) is 11.8 Å².